The molecule has 2 aliphatic rings. The number of rotatable bonds is 5. The Labute approximate surface area is 143 Å². The number of carbonyl (C=O) groups is 1. The predicted octanol–water partition coefficient (Wildman–Crippen LogP) is 0.251. The van der Waals surface area contributed by atoms with Gasteiger partial charge in [-0.25, -0.2) is 4.90 Å². The maximum atomic E-state index is 11.3. The van der Waals surface area contributed by atoms with Crippen molar-refractivity contribution < 1.29 is 15.0 Å². The fourth-order valence-corrected chi connectivity index (χ4v) is 3.62. The summed E-state index contributed by atoms with van der Waals surface area (Å²) < 4.78 is 0. The van der Waals surface area contributed by atoms with Crippen molar-refractivity contribution in [1.82, 2.24) is 14.7 Å². The average molecular weight is 334 g/mol. The number of piperazine rings is 1. The summed E-state index contributed by atoms with van der Waals surface area (Å²) in [6, 6.07) is 3.50. The van der Waals surface area contributed by atoms with E-state index >= 15 is 0 Å². The molecular weight excluding hydrogens is 306 g/mol. The van der Waals surface area contributed by atoms with Gasteiger partial charge in [0.05, 0.1) is 5.56 Å². The van der Waals surface area contributed by atoms with Gasteiger partial charge in [-0.1, -0.05) is 6.07 Å². The largest absolute Gasteiger partial charge is 0.507 e. The molecule has 6 nitrogen and oxygen atoms in total. The third-order valence-electron chi connectivity index (χ3n) is 5.33. The molecule has 0 spiro atoms. The molecule has 132 valence electrons. The molecule has 1 saturated heterocycles. The van der Waals surface area contributed by atoms with Crippen molar-refractivity contribution in [3.8, 4) is 5.75 Å². The Hall–Kier alpha value is -1.47. The first kappa shape index (κ1) is 17.4. The lowest BCUT2D eigenvalue weighted by Crippen LogP contribution is -2.47. The van der Waals surface area contributed by atoms with Crippen LogP contribution in [0.5, 0.6) is 5.75 Å². The van der Waals surface area contributed by atoms with E-state index in [0.29, 0.717) is 12.1 Å². The molecule has 1 aromatic rings. The van der Waals surface area contributed by atoms with Crippen LogP contribution in [0.15, 0.2) is 12.1 Å². The minimum atomic E-state index is -0.264. The van der Waals surface area contributed by atoms with E-state index in [1.165, 1.54) is 0 Å². The quantitative estimate of drug-likeness (QED) is 0.617. The van der Waals surface area contributed by atoms with Crippen molar-refractivity contribution in [1.29, 1.82) is 0 Å². The maximum absolute atomic E-state index is 11.3. The molecule has 0 radical (unpaired) electrons. The van der Waals surface area contributed by atoms with Crippen molar-refractivity contribution in [3.05, 3.63) is 28.8 Å². The van der Waals surface area contributed by atoms with E-state index in [-0.39, 0.29) is 12.0 Å². The molecule has 0 aliphatic carbocycles. The van der Waals surface area contributed by atoms with Crippen LogP contribution in [-0.4, -0.2) is 83.7 Å². The number of benzene rings is 1. The fraction of sp³-hybridized carbons (Fsp3) is 0.611. The number of phenols is 1. The zero-order valence-corrected chi connectivity index (χ0v) is 14.4. The molecule has 1 fully saturated rings. The van der Waals surface area contributed by atoms with Crippen LogP contribution in [-0.2, 0) is 13.0 Å². The van der Waals surface area contributed by atoms with Crippen LogP contribution < -0.4 is 0 Å². The van der Waals surface area contributed by atoms with Crippen LogP contribution >= 0.6 is 0 Å². The topological polar surface area (TPSA) is 69.9 Å². The van der Waals surface area contributed by atoms with Crippen molar-refractivity contribution in [3.63, 3.8) is 0 Å². The molecule has 3 rings (SSSR count). The number of carbonyl (C=O) groups excluding carboxylic acids is 1. The van der Waals surface area contributed by atoms with Crippen molar-refractivity contribution in [2.45, 2.75) is 25.6 Å². The molecule has 3 N–H and O–H groups in total. The second-order valence-electron chi connectivity index (χ2n) is 6.92. The highest BCUT2D eigenvalue weighted by Gasteiger charge is 2.28. The number of hydrogen-bond acceptors (Lipinski definition) is 5. The van der Waals surface area contributed by atoms with Crippen molar-refractivity contribution in [2.75, 3.05) is 46.3 Å². The summed E-state index contributed by atoms with van der Waals surface area (Å²) in [6.07, 6.45) is 2.12. The minimum Gasteiger partial charge on any atom is -0.507 e. The molecule has 1 atom stereocenters. The molecule has 24 heavy (non-hydrogen) atoms. The number of aldehydes is 1. The molecule has 0 bridgehead atoms. The van der Waals surface area contributed by atoms with E-state index in [1.807, 2.05) is 6.07 Å². The van der Waals surface area contributed by atoms with Gasteiger partial charge in [0.25, 0.3) is 0 Å². The van der Waals surface area contributed by atoms with Gasteiger partial charge in [0, 0.05) is 52.2 Å². The lowest BCUT2D eigenvalue weighted by atomic mass is 9.94. The van der Waals surface area contributed by atoms with E-state index in [9.17, 15) is 9.90 Å². The monoisotopic (exact) mass is 334 g/mol. The molecule has 1 unspecified atom stereocenters. The zero-order chi connectivity index (χ0) is 17.1. The SMILES string of the molecule is CN1CCN(CCC([OH2+])N2CCc3ccc(O)c(C=O)c3C2)CC1. The summed E-state index contributed by atoms with van der Waals surface area (Å²) >= 11 is 0. The van der Waals surface area contributed by atoms with Gasteiger partial charge in [0.1, 0.15) is 5.75 Å². The third-order valence-corrected chi connectivity index (χ3v) is 5.33. The Morgan fingerprint density at radius 3 is 2.71 bits per heavy atom. The van der Waals surface area contributed by atoms with Gasteiger partial charge in [-0.15, -0.1) is 0 Å². The van der Waals surface area contributed by atoms with Gasteiger partial charge in [-0.2, -0.15) is 0 Å². The lowest BCUT2D eigenvalue weighted by molar-refractivity contribution is -0.0196. The lowest BCUT2D eigenvalue weighted by Gasteiger charge is -2.34. The van der Waals surface area contributed by atoms with Crippen LogP contribution in [0.25, 0.3) is 0 Å². The first-order valence-corrected chi connectivity index (χ1v) is 8.73. The van der Waals surface area contributed by atoms with E-state index in [1.54, 1.807) is 6.07 Å². The summed E-state index contributed by atoms with van der Waals surface area (Å²) in [5, 5.41) is 18.4. The Kier molecular flexibility index (Phi) is 5.50. The van der Waals surface area contributed by atoms with Gasteiger partial charge in [-0.3, -0.25) is 4.79 Å². The maximum Gasteiger partial charge on any atom is 0.214 e. The molecule has 1 aromatic carbocycles. The molecular formula is C18H28N3O3+. The third kappa shape index (κ3) is 3.78. The summed E-state index contributed by atoms with van der Waals surface area (Å²) in [7, 11) is 2.15. The first-order valence-electron chi connectivity index (χ1n) is 8.73. The van der Waals surface area contributed by atoms with Crippen LogP contribution in [0.2, 0.25) is 0 Å². The molecule has 0 saturated carbocycles. The molecule has 2 aliphatic heterocycles. The Bertz CT molecular complexity index is 585. The van der Waals surface area contributed by atoms with Gasteiger partial charge in [-0.05, 0) is 30.7 Å². The van der Waals surface area contributed by atoms with Crippen LogP contribution in [0.1, 0.15) is 27.9 Å². The van der Waals surface area contributed by atoms with Gasteiger partial charge in [0.2, 0.25) is 6.23 Å². The number of nitrogens with zero attached hydrogens (tertiary/aromatic N) is 3. The van der Waals surface area contributed by atoms with Gasteiger partial charge in [0.15, 0.2) is 6.29 Å². The summed E-state index contributed by atoms with van der Waals surface area (Å²) in [5.74, 6) is 0.0459. The van der Waals surface area contributed by atoms with Crippen molar-refractivity contribution >= 4 is 6.29 Å². The van der Waals surface area contributed by atoms with E-state index in [4.69, 9.17) is 5.11 Å². The Morgan fingerprint density at radius 1 is 1.25 bits per heavy atom. The van der Waals surface area contributed by atoms with Crippen molar-refractivity contribution in [2.24, 2.45) is 0 Å². The van der Waals surface area contributed by atoms with E-state index in [2.05, 4.69) is 21.7 Å². The number of phenolic OH excluding ortho intramolecular Hbond substituents is 1. The first-order chi connectivity index (χ1) is 11.6. The second kappa shape index (κ2) is 7.61. The highest BCUT2D eigenvalue weighted by molar-refractivity contribution is 5.82. The van der Waals surface area contributed by atoms with Gasteiger partial charge >= 0.3 is 0 Å². The standard InChI is InChI=1S/C18H27N3O3/c1-19-8-10-20(11-9-19)6-5-18(24)21-7-4-14-2-3-17(23)16(13-22)15(14)12-21/h2-3,13,18,23-24H,4-12H2,1H3/p+1. The summed E-state index contributed by atoms with van der Waals surface area (Å²) in [4.78, 5) is 18.2. The normalized spacial score (nSPS) is 21.4. The van der Waals surface area contributed by atoms with Crippen LogP contribution in [0.4, 0.5) is 0 Å². The predicted molar refractivity (Wildman–Crippen MR) is 93.6 cm³/mol. The number of likely N-dealkylation sites (N-methyl/N-ethyl adjacent to an activating group) is 1. The fourth-order valence-electron chi connectivity index (χ4n) is 3.62. The average Bonchev–Trinajstić information content (AvgIpc) is 2.60. The number of aromatic hydroxyl groups is 1. The summed E-state index contributed by atoms with van der Waals surface area (Å²) in [5.41, 5.74) is 2.41. The van der Waals surface area contributed by atoms with Crippen LogP contribution in [0, 0.1) is 0 Å². The molecule has 2 heterocycles. The molecule has 0 aromatic heterocycles. The van der Waals surface area contributed by atoms with E-state index < -0.39 is 0 Å². The summed E-state index contributed by atoms with van der Waals surface area (Å²) in [6.45, 7) is 6.72. The van der Waals surface area contributed by atoms with Gasteiger partial charge < -0.3 is 20.0 Å². The van der Waals surface area contributed by atoms with Crippen LogP contribution in [0.3, 0.4) is 0 Å². The van der Waals surface area contributed by atoms with E-state index in [0.717, 1.165) is 69.5 Å². The Morgan fingerprint density at radius 2 is 2.00 bits per heavy atom. The second-order valence-corrected chi connectivity index (χ2v) is 6.92. The highest BCUT2D eigenvalue weighted by Crippen LogP contribution is 2.28. The Balaban J connectivity index is 1.58. The highest BCUT2D eigenvalue weighted by atomic mass is 16.3. The minimum absolute atomic E-state index is 0.0459. The number of fused-ring (bicyclic) bond motifs is 1. The smallest absolute Gasteiger partial charge is 0.214 e. The molecule has 6 heteroatoms. The molecule has 0 amide bonds. The number of hydrogen-bond donors (Lipinski definition) is 1. The zero-order valence-electron chi connectivity index (χ0n) is 14.4.